The zero-order chi connectivity index (χ0) is 15.2. The van der Waals surface area contributed by atoms with E-state index in [1.54, 1.807) is 4.68 Å². The first-order valence-corrected chi connectivity index (χ1v) is 6.71. The molecule has 0 fully saturated rings. The highest BCUT2D eigenvalue weighted by molar-refractivity contribution is 5.54. The molecule has 0 unspecified atom stereocenters. The first kappa shape index (κ1) is 14.8. The first-order chi connectivity index (χ1) is 10.1. The molecule has 8 heteroatoms. The van der Waals surface area contributed by atoms with Gasteiger partial charge in [-0.1, -0.05) is 0 Å². The smallest absolute Gasteiger partial charge is 0.276 e. The van der Waals surface area contributed by atoms with Crippen LogP contribution in [0.4, 0.5) is 17.3 Å². The Morgan fingerprint density at radius 3 is 2.62 bits per heavy atom. The van der Waals surface area contributed by atoms with E-state index in [9.17, 15) is 10.1 Å². The Morgan fingerprint density at radius 2 is 2.05 bits per heavy atom. The minimum Gasteiger partial charge on any atom is -0.370 e. The van der Waals surface area contributed by atoms with E-state index >= 15 is 0 Å². The first-order valence-electron chi connectivity index (χ1n) is 6.71. The summed E-state index contributed by atoms with van der Waals surface area (Å²) in [4.78, 5) is 14.8. The zero-order valence-electron chi connectivity index (χ0n) is 12.0. The molecule has 2 aromatic heterocycles. The van der Waals surface area contributed by atoms with Gasteiger partial charge < -0.3 is 10.6 Å². The molecule has 0 radical (unpaired) electrons. The summed E-state index contributed by atoms with van der Waals surface area (Å²) in [6.07, 6.45) is 2.60. The third-order valence-corrected chi connectivity index (χ3v) is 2.83. The van der Waals surface area contributed by atoms with Gasteiger partial charge in [0.15, 0.2) is 0 Å². The van der Waals surface area contributed by atoms with Gasteiger partial charge in [-0.2, -0.15) is 5.10 Å². The van der Waals surface area contributed by atoms with Crippen LogP contribution in [0.2, 0.25) is 0 Å². The van der Waals surface area contributed by atoms with Crippen molar-refractivity contribution in [2.75, 3.05) is 23.7 Å². The van der Waals surface area contributed by atoms with Gasteiger partial charge in [0.25, 0.3) is 5.69 Å². The SMILES string of the molecule is CCNc1cc([N+](=O)[O-])cc(NCCc2ccn(C)n2)n1. The summed E-state index contributed by atoms with van der Waals surface area (Å²) in [7, 11) is 1.86. The Morgan fingerprint density at radius 1 is 1.33 bits per heavy atom. The molecule has 0 aliphatic heterocycles. The summed E-state index contributed by atoms with van der Waals surface area (Å²) in [6, 6.07) is 4.79. The van der Waals surface area contributed by atoms with Crippen molar-refractivity contribution in [3.63, 3.8) is 0 Å². The molecule has 0 amide bonds. The lowest BCUT2D eigenvalue weighted by molar-refractivity contribution is -0.384. The molecule has 0 saturated heterocycles. The van der Waals surface area contributed by atoms with Crippen molar-refractivity contribution in [1.29, 1.82) is 0 Å². The normalized spacial score (nSPS) is 10.4. The summed E-state index contributed by atoms with van der Waals surface area (Å²) in [5.41, 5.74) is 0.976. The number of aromatic nitrogens is 3. The summed E-state index contributed by atoms with van der Waals surface area (Å²) in [5, 5.41) is 21.3. The molecule has 2 heterocycles. The third kappa shape index (κ3) is 4.16. The van der Waals surface area contributed by atoms with Crippen molar-refractivity contribution in [3.05, 3.63) is 40.2 Å². The van der Waals surface area contributed by atoms with E-state index in [4.69, 9.17) is 0 Å². The molecular weight excluding hydrogens is 272 g/mol. The van der Waals surface area contributed by atoms with Crippen LogP contribution in [-0.2, 0) is 13.5 Å². The van der Waals surface area contributed by atoms with E-state index < -0.39 is 4.92 Å². The van der Waals surface area contributed by atoms with Crippen LogP contribution in [0.1, 0.15) is 12.6 Å². The average Bonchev–Trinajstić information content (AvgIpc) is 2.84. The maximum atomic E-state index is 10.9. The predicted molar refractivity (Wildman–Crippen MR) is 80.5 cm³/mol. The number of nitrogens with zero attached hydrogens (tertiary/aromatic N) is 4. The van der Waals surface area contributed by atoms with Gasteiger partial charge in [0.1, 0.15) is 11.6 Å². The second kappa shape index (κ2) is 6.69. The van der Waals surface area contributed by atoms with Crippen LogP contribution in [0.25, 0.3) is 0 Å². The molecule has 0 aliphatic carbocycles. The van der Waals surface area contributed by atoms with Crippen molar-refractivity contribution >= 4 is 17.3 Å². The van der Waals surface area contributed by atoms with Crippen molar-refractivity contribution in [1.82, 2.24) is 14.8 Å². The average molecular weight is 290 g/mol. The van der Waals surface area contributed by atoms with E-state index in [0.29, 0.717) is 24.7 Å². The van der Waals surface area contributed by atoms with E-state index in [0.717, 1.165) is 12.1 Å². The molecule has 0 bridgehead atoms. The Balaban J connectivity index is 2.02. The molecule has 21 heavy (non-hydrogen) atoms. The molecule has 0 atom stereocenters. The van der Waals surface area contributed by atoms with Crippen molar-refractivity contribution in [3.8, 4) is 0 Å². The lowest BCUT2D eigenvalue weighted by Gasteiger charge is -2.08. The van der Waals surface area contributed by atoms with Gasteiger partial charge in [-0.25, -0.2) is 4.98 Å². The maximum absolute atomic E-state index is 10.9. The second-order valence-corrected chi connectivity index (χ2v) is 4.54. The Bertz CT molecular complexity index is 625. The van der Waals surface area contributed by atoms with Gasteiger partial charge in [-0.05, 0) is 13.0 Å². The van der Waals surface area contributed by atoms with Gasteiger partial charge >= 0.3 is 0 Å². The van der Waals surface area contributed by atoms with Crippen LogP contribution in [0.15, 0.2) is 24.4 Å². The van der Waals surface area contributed by atoms with Gasteiger partial charge in [-0.3, -0.25) is 14.8 Å². The number of hydrogen-bond donors (Lipinski definition) is 2. The summed E-state index contributed by atoms with van der Waals surface area (Å²) in [6.45, 7) is 3.17. The molecule has 112 valence electrons. The minimum atomic E-state index is -0.424. The van der Waals surface area contributed by atoms with Gasteiger partial charge in [0.05, 0.1) is 22.7 Å². The number of nitrogens with one attached hydrogen (secondary N) is 2. The molecule has 0 aromatic carbocycles. The van der Waals surface area contributed by atoms with Crippen LogP contribution in [-0.4, -0.2) is 32.8 Å². The Labute approximate surface area is 122 Å². The van der Waals surface area contributed by atoms with Gasteiger partial charge in [-0.15, -0.1) is 0 Å². The van der Waals surface area contributed by atoms with E-state index in [1.807, 2.05) is 26.2 Å². The van der Waals surface area contributed by atoms with E-state index in [1.165, 1.54) is 12.1 Å². The van der Waals surface area contributed by atoms with Crippen molar-refractivity contribution in [2.24, 2.45) is 7.05 Å². The van der Waals surface area contributed by atoms with Crippen LogP contribution >= 0.6 is 0 Å². The van der Waals surface area contributed by atoms with Gasteiger partial charge in [0.2, 0.25) is 0 Å². The molecular formula is C13H18N6O2. The largest absolute Gasteiger partial charge is 0.370 e. The molecule has 0 saturated carbocycles. The second-order valence-electron chi connectivity index (χ2n) is 4.54. The molecule has 2 N–H and O–H groups in total. The fourth-order valence-corrected chi connectivity index (χ4v) is 1.90. The lowest BCUT2D eigenvalue weighted by Crippen LogP contribution is -2.09. The monoisotopic (exact) mass is 290 g/mol. The zero-order valence-corrected chi connectivity index (χ0v) is 12.0. The van der Waals surface area contributed by atoms with Crippen LogP contribution in [0.3, 0.4) is 0 Å². The topological polar surface area (TPSA) is 97.9 Å². The minimum absolute atomic E-state index is 0.0151. The molecule has 0 aliphatic rings. The van der Waals surface area contributed by atoms with Crippen molar-refractivity contribution in [2.45, 2.75) is 13.3 Å². The summed E-state index contributed by atoms with van der Waals surface area (Å²) in [5.74, 6) is 0.975. The number of rotatable bonds is 7. The number of anilines is 2. The number of hydrogen-bond acceptors (Lipinski definition) is 6. The Kier molecular flexibility index (Phi) is 4.70. The van der Waals surface area contributed by atoms with E-state index in [2.05, 4.69) is 20.7 Å². The highest BCUT2D eigenvalue weighted by Gasteiger charge is 2.10. The third-order valence-electron chi connectivity index (χ3n) is 2.83. The number of pyridine rings is 1. The molecule has 0 spiro atoms. The van der Waals surface area contributed by atoms with Gasteiger partial charge in [0, 0.05) is 32.8 Å². The number of aryl methyl sites for hydroxylation is 1. The van der Waals surface area contributed by atoms with Crippen LogP contribution in [0.5, 0.6) is 0 Å². The molecule has 8 nitrogen and oxygen atoms in total. The summed E-state index contributed by atoms with van der Waals surface area (Å²) >= 11 is 0. The Hall–Kier alpha value is -2.64. The van der Waals surface area contributed by atoms with E-state index in [-0.39, 0.29) is 5.69 Å². The fraction of sp³-hybridized carbons (Fsp3) is 0.385. The quantitative estimate of drug-likeness (QED) is 0.596. The molecule has 2 rings (SSSR count). The van der Waals surface area contributed by atoms with Crippen LogP contribution < -0.4 is 10.6 Å². The van der Waals surface area contributed by atoms with Crippen molar-refractivity contribution < 1.29 is 4.92 Å². The number of nitro groups is 1. The summed E-state index contributed by atoms with van der Waals surface area (Å²) < 4.78 is 1.74. The highest BCUT2D eigenvalue weighted by atomic mass is 16.6. The highest BCUT2D eigenvalue weighted by Crippen LogP contribution is 2.20. The molecule has 2 aromatic rings. The predicted octanol–water partition coefficient (Wildman–Crippen LogP) is 1.81. The lowest BCUT2D eigenvalue weighted by atomic mass is 10.3. The van der Waals surface area contributed by atoms with Crippen LogP contribution in [0, 0.1) is 10.1 Å². The standard InChI is InChI=1S/C13H18N6O2/c1-3-14-12-8-11(19(20)21)9-13(16-12)15-6-4-10-5-7-18(2)17-10/h5,7-9H,3-4,6H2,1-2H3,(H2,14,15,16). The maximum Gasteiger partial charge on any atom is 0.276 e. The fourth-order valence-electron chi connectivity index (χ4n) is 1.90.